The van der Waals surface area contributed by atoms with Crippen LogP contribution in [0.3, 0.4) is 0 Å². The number of pyridine rings is 1. The van der Waals surface area contributed by atoms with Crippen LogP contribution in [0.2, 0.25) is 18.1 Å². The molecule has 2 heterocycles. The van der Waals surface area contributed by atoms with Gasteiger partial charge in [-0.15, -0.1) is 11.3 Å². The molecule has 7 heteroatoms. The van der Waals surface area contributed by atoms with Crippen LogP contribution >= 0.6 is 11.3 Å². The van der Waals surface area contributed by atoms with Crippen LogP contribution in [-0.4, -0.2) is 33.0 Å². The van der Waals surface area contributed by atoms with E-state index in [0.29, 0.717) is 18.6 Å². The summed E-state index contributed by atoms with van der Waals surface area (Å²) < 4.78 is 25.3. The Labute approximate surface area is 241 Å². The van der Waals surface area contributed by atoms with E-state index < -0.39 is 14.3 Å². The first-order valence-electron chi connectivity index (χ1n) is 13.2. The molecule has 206 valence electrons. The van der Waals surface area contributed by atoms with Gasteiger partial charge in [-0.2, -0.15) is 0 Å². The average molecular weight is 572 g/mol. The highest BCUT2D eigenvalue weighted by molar-refractivity contribution is 7.17. The minimum Gasteiger partial charge on any atom is -0.465 e. The second-order valence-electron chi connectivity index (χ2n) is 11.0. The first kappa shape index (κ1) is 29.4. The molecule has 0 aliphatic rings. The Hall–Kier alpha value is -3.57. The van der Waals surface area contributed by atoms with Crippen LogP contribution in [0.15, 0.2) is 73.1 Å². The number of halogens is 1. The van der Waals surface area contributed by atoms with Gasteiger partial charge < -0.3 is 9.16 Å². The molecule has 0 amide bonds. The molecular weight excluding hydrogens is 538 g/mol. The van der Waals surface area contributed by atoms with Crippen LogP contribution in [0.1, 0.15) is 42.4 Å². The SMILES string of the molecule is COC(=O)c1ccccc1-c1c(C#CCCO[Si](C)(C)C(C)(C)C)sc(-c2ccc(F)cc2)c1-c1ccncc1. The molecular formula is C33H34FNO3SSi. The Bertz CT molecular complexity index is 1540. The van der Waals surface area contributed by atoms with Gasteiger partial charge in [0.25, 0.3) is 0 Å². The van der Waals surface area contributed by atoms with Crippen LogP contribution in [0.4, 0.5) is 4.39 Å². The van der Waals surface area contributed by atoms with Crippen molar-refractivity contribution in [2.24, 2.45) is 0 Å². The molecule has 0 aliphatic carbocycles. The fraction of sp³-hybridized carbons (Fsp3) is 0.273. The predicted octanol–water partition coefficient (Wildman–Crippen LogP) is 8.83. The number of nitrogens with zero attached hydrogens (tertiary/aromatic N) is 1. The van der Waals surface area contributed by atoms with Crippen molar-refractivity contribution in [3.05, 3.63) is 89.3 Å². The van der Waals surface area contributed by atoms with Crippen molar-refractivity contribution in [2.75, 3.05) is 13.7 Å². The summed E-state index contributed by atoms with van der Waals surface area (Å²) in [5, 5.41) is 0.127. The van der Waals surface area contributed by atoms with Crippen LogP contribution in [0.25, 0.3) is 32.7 Å². The van der Waals surface area contributed by atoms with Crippen molar-refractivity contribution in [3.63, 3.8) is 0 Å². The number of thiophene rings is 1. The molecule has 0 radical (unpaired) electrons. The highest BCUT2D eigenvalue weighted by Gasteiger charge is 2.36. The van der Waals surface area contributed by atoms with E-state index in [1.165, 1.54) is 30.6 Å². The molecule has 2 aromatic carbocycles. The Morgan fingerprint density at radius 1 is 0.975 bits per heavy atom. The molecule has 4 nitrogen and oxygen atoms in total. The van der Waals surface area contributed by atoms with Gasteiger partial charge >= 0.3 is 5.97 Å². The lowest BCUT2D eigenvalue weighted by atomic mass is 9.91. The highest BCUT2D eigenvalue weighted by atomic mass is 32.1. The second kappa shape index (κ2) is 12.3. The van der Waals surface area contributed by atoms with E-state index in [1.807, 2.05) is 30.3 Å². The summed E-state index contributed by atoms with van der Waals surface area (Å²) in [4.78, 5) is 18.8. The van der Waals surface area contributed by atoms with Crippen LogP contribution < -0.4 is 0 Å². The molecule has 0 spiro atoms. The largest absolute Gasteiger partial charge is 0.465 e. The molecule has 4 rings (SSSR count). The molecule has 40 heavy (non-hydrogen) atoms. The fourth-order valence-corrected chi connectivity index (χ4v) is 6.34. The summed E-state index contributed by atoms with van der Waals surface area (Å²) in [6, 6.07) is 17.7. The number of ether oxygens (including phenoxy) is 1. The van der Waals surface area contributed by atoms with E-state index in [2.05, 4.69) is 50.7 Å². The summed E-state index contributed by atoms with van der Waals surface area (Å²) >= 11 is 1.53. The molecule has 4 aromatic rings. The topological polar surface area (TPSA) is 48.4 Å². The number of rotatable bonds is 7. The van der Waals surface area contributed by atoms with Gasteiger partial charge in [-0.3, -0.25) is 4.98 Å². The van der Waals surface area contributed by atoms with Gasteiger partial charge in [0.05, 0.1) is 17.6 Å². The van der Waals surface area contributed by atoms with Gasteiger partial charge in [-0.25, -0.2) is 9.18 Å². The van der Waals surface area contributed by atoms with E-state index in [1.54, 1.807) is 30.6 Å². The van der Waals surface area contributed by atoms with Crippen molar-refractivity contribution < 1.29 is 18.3 Å². The predicted molar refractivity (Wildman–Crippen MR) is 164 cm³/mol. The summed E-state index contributed by atoms with van der Waals surface area (Å²) in [7, 11) is -0.494. The monoisotopic (exact) mass is 571 g/mol. The third-order valence-electron chi connectivity index (χ3n) is 7.28. The maximum Gasteiger partial charge on any atom is 0.338 e. The number of hydrogen-bond acceptors (Lipinski definition) is 5. The molecule has 2 aromatic heterocycles. The zero-order valence-corrected chi connectivity index (χ0v) is 25.6. The van der Waals surface area contributed by atoms with E-state index in [-0.39, 0.29) is 10.9 Å². The first-order chi connectivity index (χ1) is 19.0. The zero-order valence-electron chi connectivity index (χ0n) is 23.8. The van der Waals surface area contributed by atoms with Crippen LogP contribution in [0.5, 0.6) is 0 Å². The Balaban J connectivity index is 1.89. The summed E-state index contributed by atoms with van der Waals surface area (Å²) in [6.45, 7) is 11.7. The molecule has 0 fully saturated rings. The number of carbonyl (C=O) groups is 1. The van der Waals surface area contributed by atoms with Crippen molar-refractivity contribution in [2.45, 2.75) is 45.3 Å². The van der Waals surface area contributed by atoms with Gasteiger partial charge in [0.2, 0.25) is 0 Å². The minimum atomic E-state index is -1.87. The molecule has 0 unspecified atom stereocenters. The molecule has 0 N–H and O–H groups in total. The summed E-state index contributed by atoms with van der Waals surface area (Å²) in [5.74, 6) is 5.99. The van der Waals surface area contributed by atoms with Gasteiger partial charge in [0, 0.05) is 41.4 Å². The van der Waals surface area contributed by atoms with E-state index in [4.69, 9.17) is 9.16 Å². The van der Waals surface area contributed by atoms with Crippen molar-refractivity contribution in [3.8, 4) is 44.5 Å². The van der Waals surface area contributed by atoms with Gasteiger partial charge in [0.1, 0.15) is 5.82 Å². The van der Waals surface area contributed by atoms with Gasteiger partial charge in [0.15, 0.2) is 8.32 Å². The number of hydrogen-bond donors (Lipinski definition) is 0. The fourth-order valence-electron chi connectivity index (χ4n) is 4.08. The van der Waals surface area contributed by atoms with Crippen LogP contribution in [-0.2, 0) is 9.16 Å². The molecule has 0 atom stereocenters. The van der Waals surface area contributed by atoms with Crippen molar-refractivity contribution in [1.29, 1.82) is 0 Å². The Kier molecular flexibility index (Phi) is 9.04. The Morgan fingerprint density at radius 2 is 1.65 bits per heavy atom. The number of methoxy groups -OCH3 is 1. The maximum atomic E-state index is 13.9. The molecule has 0 bridgehead atoms. The van der Waals surface area contributed by atoms with E-state index in [9.17, 15) is 9.18 Å². The lowest BCUT2D eigenvalue weighted by Gasteiger charge is -2.35. The van der Waals surface area contributed by atoms with Gasteiger partial charge in [-0.1, -0.05) is 62.9 Å². The summed E-state index contributed by atoms with van der Waals surface area (Å²) in [5.41, 5.74) is 4.73. The minimum absolute atomic E-state index is 0.127. The lowest BCUT2D eigenvalue weighted by Crippen LogP contribution is -2.40. The zero-order chi connectivity index (χ0) is 28.9. The van der Waals surface area contributed by atoms with Crippen LogP contribution in [0, 0.1) is 17.7 Å². The average Bonchev–Trinajstić information content (AvgIpc) is 3.31. The maximum absolute atomic E-state index is 13.9. The first-order valence-corrected chi connectivity index (χ1v) is 16.9. The number of benzene rings is 2. The van der Waals surface area contributed by atoms with Crippen molar-refractivity contribution in [1.82, 2.24) is 4.98 Å². The molecule has 0 saturated heterocycles. The number of aromatic nitrogens is 1. The van der Waals surface area contributed by atoms with E-state index in [0.717, 1.165) is 37.6 Å². The lowest BCUT2D eigenvalue weighted by molar-refractivity contribution is 0.0601. The third kappa shape index (κ3) is 6.42. The summed E-state index contributed by atoms with van der Waals surface area (Å²) in [6.07, 6.45) is 4.06. The molecule has 0 saturated carbocycles. The standard InChI is InChI=1S/C33H34FNO3SSi/c1-33(2,3)40(5,6)38-22-10-9-13-28-30(26-11-7-8-12-27(26)32(36)37-4)29(23-18-20-35-21-19-23)31(39-28)24-14-16-25(34)17-15-24/h7-8,11-12,14-21H,10,22H2,1-6H3. The quantitative estimate of drug-likeness (QED) is 0.0962. The number of esters is 1. The van der Waals surface area contributed by atoms with Gasteiger partial charge in [-0.05, 0) is 65.2 Å². The van der Waals surface area contributed by atoms with Crippen molar-refractivity contribution >= 4 is 25.6 Å². The highest BCUT2D eigenvalue weighted by Crippen LogP contribution is 2.48. The smallest absolute Gasteiger partial charge is 0.338 e. The number of carbonyl (C=O) groups excluding carboxylic acids is 1. The van der Waals surface area contributed by atoms with E-state index >= 15 is 0 Å². The third-order valence-corrected chi connectivity index (χ3v) is 13.0. The second-order valence-corrected chi connectivity index (χ2v) is 16.8. The normalized spacial score (nSPS) is 11.6. The molecule has 0 aliphatic heterocycles. The Morgan fingerprint density at radius 3 is 2.30 bits per heavy atom.